The highest BCUT2D eigenvalue weighted by Gasteiger charge is 2.32. The SMILES string of the molecule is Cc1nc2c([nH]1)CC(C(=O)N1CCC(Oc3cccnn3)CC1)CC2. The molecule has 2 aromatic rings. The van der Waals surface area contributed by atoms with E-state index in [1.54, 1.807) is 6.20 Å². The number of hydrogen-bond donors (Lipinski definition) is 1. The van der Waals surface area contributed by atoms with Gasteiger partial charge in [-0.05, 0) is 25.8 Å². The molecule has 2 aromatic heterocycles. The van der Waals surface area contributed by atoms with Crippen LogP contribution in [0, 0.1) is 12.8 Å². The van der Waals surface area contributed by atoms with Gasteiger partial charge in [0.15, 0.2) is 0 Å². The first kappa shape index (κ1) is 16.1. The van der Waals surface area contributed by atoms with Crippen LogP contribution in [0.4, 0.5) is 0 Å². The zero-order valence-electron chi connectivity index (χ0n) is 14.4. The number of nitrogens with zero attached hydrogens (tertiary/aromatic N) is 4. The summed E-state index contributed by atoms with van der Waals surface area (Å²) < 4.78 is 5.85. The van der Waals surface area contributed by atoms with E-state index >= 15 is 0 Å². The molecule has 1 saturated heterocycles. The molecule has 4 rings (SSSR count). The van der Waals surface area contributed by atoms with Crippen molar-refractivity contribution in [3.8, 4) is 5.88 Å². The van der Waals surface area contributed by atoms with E-state index in [2.05, 4.69) is 20.2 Å². The lowest BCUT2D eigenvalue weighted by Gasteiger charge is -2.34. The van der Waals surface area contributed by atoms with Gasteiger partial charge in [-0.25, -0.2) is 4.98 Å². The molecule has 0 radical (unpaired) electrons. The smallest absolute Gasteiger partial charge is 0.233 e. The largest absolute Gasteiger partial charge is 0.473 e. The summed E-state index contributed by atoms with van der Waals surface area (Å²) in [4.78, 5) is 22.7. The van der Waals surface area contributed by atoms with Gasteiger partial charge in [0, 0.05) is 56.2 Å². The summed E-state index contributed by atoms with van der Waals surface area (Å²) in [6.45, 7) is 3.46. The summed E-state index contributed by atoms with van der Waals surface area (Å²) in [5.74, 6) is 1.85. The Morgan fingerprint density at radius 1 is 1.32 bits per heavy atom. The van der Waals surface area contributed by atoms with E-state index in [1.807, 2.05) is 24.0 Å². The molecule has 3 heterocycles. The summed E-state index contributed by atoms with van der Waals surface area (Å²) in [6.07, 6.45) is 5.98. The van der Waals surface area contributed by atoms with E-state index in [0.717, 1.165) is 62.4 Å². The molecule has 7 nitrogen and oxygen atoms in total. The molecule has 132 valence electrons. The van der Waals surface area contributed by atoms with Crippen molar-refractivity contribution in [3.05, 3.63) is 35.5 Å². The molecule has 2 aliphatic rings. The van der Waals surface area contributed by atoms with E-state index in [9.17, 15) is 4.79 Å². The van der Waals surface area contributed by atoms with Crippen LogP contribution in [-0.4, -0.2) is 50.2 Å². The molecule has 1 N–H and O–H groups in total. The molecule has 0 saturated carbocycles. The van der Waals surface area contributed by atoms with Crippen LogP contribution in [-0.2, 0) is 17.6 Å². The van der Waals surface area contributed by atoms with Gasteiger partial charge in [0.1, 0.15) is 11.9 Å². The third-order valence-electron chi connectivity index (χ3n) is 5.10. The molecule has 1 aliphatic heterocycles. The minimum absolute atomic E-state index is 0.0739. The molecule has 0 bridgehead atoms. The Morgan fingerprint density at radius 2 is 2.16 bits per heavy atom. The Labute approximate surface area is 146 Å². The maximum absolute atomic E-state index is 12.9. The fraction of sp³-hybridized carbons (Fsp3) is 0.556. The minimum Gasteiger partial charge on any atom is -0.473 e. The molecule has 0 aromatic carbocycles. The minimum atomic E-state index is 0.0739. The molecule has 1 atom stereocenters. The van der Waals surface area contributed by atoms with Crippen LogP contribution in [0.15, 0.2) is 18.3 Å². The van der Waals surface area contributed by atoms with E-state index in [1.165, 1.54) is 0 Å². The van der Waals surface area contributed by atoms with Crippen LogP contribution in [0.1, 0.15) is 36.5 Å². The van der Waals surface area contributed by atoms with Gasteiger partial charge in [-0.1, -0.05) is 0 Å². The van der Waals surface area contributed by atoms with Gasteiger partial charge in [-0.15, -0.1) is 5.10 Å². The number of amides is 1. The maximum atomic E-state index is 12.9. The third-order valence-corrected chi connectivity index (χ3v) is 5.10. The van der Waals surface area contributed by atoms with Crippen molar-refractivity contribution in [2.24, 2.45) is 5.92 Å². The second kappa shape index (κ2) is 6.82. The number of rotatable bonds is 3. The average Bonchev–Trinajstić information content (AvgIpc) is 3.02. The van der Waals surface area contributed by atoms with Crippen LogP contribution >= 0.6 is 0 Å². The van der Waals surface area contributed by atoms with Gasteiger partial charge < -0.3 is 14.6 Å². The van der Waals surface area contributed by atoms with Gasteiger partial charge in [0.05, 0.1) is 5.69 Å². The summed E-state index contributed by atoms with van der Waals surface area (Å²) in [5, 5.41) is 7.79. The number of piperidine rings is 1. The Balaban J connectivity index is 1.31. The first-order valence-electron chi connectivity index (χ1n) is 8.96. The third kappa shape index (κ3) is 3.50. The molecular formula is C18H23N5O2. The number of aromatic nitrogens is 4. The van der Waals surface area contributed by atoms with E-state index in [4.69, 9.17) is 4.74 Å². The lowest BCUT2D eigenvalue weighted by molar-refractivity contribution is -0.137. The zero-order valence-corrected chi connectivity index (χ0v) is 14.4. The van der Waals surface area contributed by atoms with Crippen LogP contribution in [0.3, 0.4) is 0 Å². The van der Waals surface area contributed by atoms with Crippen LogP contribution in [0.25, 0.3) is 0 Å². The summed E-state index contributed by atoms with van der Waals surface area (Å²) in [5.41, 5.74) is 2.28. The van der Waals surface area contributed by atoms with Crippen molar-refractivity contribution in [1.82, 2.24) is 25.1 Å². The molecule has 1 aliphatic carbocycles. The second-order valence-electron chi connectivity index (χ2n) is 6.89. The standard InChI is InChI=1S/C18H23N5O2/c1-12-20-15-5-4-13(11-16(15)21-12)18(24)23-9-6-14(7-10-23)25-17-3-2-8-19-22-17/h2-3,8,13-14H,4-7,9-11H2,1H3,(H,20,21). The molecule has 1 amide bonds. The Kier molecular flexibility index (Phi) is 4.38. The van der Waals surface area contributed by atoms with Crippen LogP contribution in [0.2, 0.25) is 0 Å². The second-order valence-corrected chi connectivity index (χ2v) is 6.89. The zero-order chi connectivity index (χ0) is 17.2. The van der Waals surface area contributed by atoms with Crippen LogP contribution < -0.4 is 4.74 Å². The van der Waals surface area contributed by atoms with Crippen molar-refractivity contribution in [2.75, 3.05) is 13.1 Å². The predicted molar refractivity (Wildman–Crippen MR) is 91.1 cm³/mol. The van der Waals surface area contributed by atoms with Crippen molar-refractivity contribution < 1.29 is 9.53 Å². The van der Waals surface area contributed by atoms with Crippen LogP contribution in [0.5, 0.6) is 5.88 Å². The number of ether oxygens (including phenoxy) is 1. The first-order chi connectivity index (χ1) is 12.2. The number of likely N-dealkylation sites (tertiary alicyclic amines) is 1. The molecule has 0 spiro atoms. The van der Waals surface area contributed by atoms with Gasteiger partial charge >= 0.3 is 0 Å². The predicted octanol–water partition coefficient (Wildman–Crippen LogP) is 1.68. The summed E-state index contributed by atoms with van der Waals surface area (Å²) >= 11 is 0. The van der Waals surface area contributed by atoms with Crippen molar-refractivity contribution >= 4 is 5.91 Å². The topological polar surface area (TPSA) is 84.0 Å². The Bertz CT molecular complexity index is 737. The number of fused-ring (bicyclic) bond motifs is 1. The van der Waals surface area contributed by atoms with E-state index < -0.39 is 0 Å². The normalized spacial score (nSPS) is 21.0. The van der Waals surface area contributed by atoms with Gasteiger partial charge in [-0.2, -0.15) is 5.10 Å². The maximum Gasteiger partial charge on any atom is 0.233 e. The lowest BCUT2D eigenvalue weighted by Crippen LogP contribution is -2.45. The Morgan fingerprint density at radius 3 is 2.92 bits per heavy atom. The highest BCUT2D eigenvalue weighted by molar-refractivity contribution is 5.79. The van der Waals surface area contributed by atoms with E-state index in [0.29, 0.717) is 5.88 Å². The number of carbonyl (C=O) groups excluding carboxylic acids is 1. The number of H-pyrrole nitrogens is 1. The number of aryl methyl sites for hydroxylation is 2. The molecular weight excluding hydrogens is 318 g/mol. The summed E-state index contributed by atoms with van der Waals surface area (Å²) in [6, 6.07) is 3.63. The van der Waals surface area contributed by atoms with E-state index in [-0.39, 0.29) is 17.9 Å². The fourth-order valence-electron chi connectivity index (χ4n) is 3.81. The van der Waals surface area contributed by atoms with Crippen molar-refractivity contribution in [3.63, 3.8) is 0 Å². The van der Waals surface area contributed by atoms with Crippen molar-refractivity contribution in [2.45, 2.75) is 45.1 Å². The highest BCUT2D eigenvalue weighted by Crippen LogP contribution is 2.27. The molecule has 1 fully saturated rings. The number of nitrogens with one attached hydrogen (secondary N) is 1. The number of carbonyl (C=O) groups is 1. The molecule has 1 unspecified atom stereocenters. The monoisotopic (exact) mass is 341 g/mol. The number of hydrogen-bond acceptors (Lipinski definition) is 5. The first-order valence-corrected chi connectivity index (χ1v) is 8.96. The van der Waals surface area contributed by atoms with Gasteiger partial charge in [-0.3, -0.25) is 4.79 Å². The van der Waals surface area contributed by atoms with Gasteiger partial charge in [0.2, 0.25) is 11.8 Å². The highest BCUT2D eigenvalue weighted by atomic mass is 16.5. The summed E-state index contributed by atoms with van der Waals surface area (Å²) in [7, 11) is 0. The lowest BCUT2D eigenvalue weighted by atomic mass is 9.88. The van der Waals surface area contributed by atoms with Gasteiger partial charge in [0.25, 0.3) is 0 Å². The number of aromatic amines is 1. The molecule has 25 heavy (non-hydrogen) atoms. The molecule has 7 heteroatoms. The average molecular weight is 341 g/mol. The quantitative estimate of drug-likeness (QED) is 0.918. The van der Waals surface area contributed by atoms with Crippen molar-refractivity contribution in [1.29, 1.82) is 0 Å². The number of imidazole rings is 1. The fourth-order valence-corrected chi connectivity index (χ4v) is 3.81. The Hall–Kier alpha value is -2.44.